The molecule has 0 aliphatic carbocycles. The molecule has 0 amide bonds. The van der Waals surface area contributed by atoms with Crippen LogP contribution in [0, 0.1) is 0 Å². The topological polar surface area (TPSA) is 32.3 Å². The Morgan fingerprint density at radius 2 is 2.18 bits per heavy atom. The van der Waals surface area contributed by atoms with Crippen LogP contribution in [0.15, 0.2) is 10.2 Å². The molecule has 2 nitrogen and oxygen atoms in total. The highest BCUT2D eigenvalue weighted by Crippen LogP contribution is 1.93. The maximum Gasteiger partial charge on any atom is 0.250 e. The van der Waals surface area contributed by atoms with E-state index in [4.69, 9.17) is 5.11 Å². The Labute approximate surface area is 77.8 Å². The minimum Gasteiger partial charge on any atom is -0.394 e. The molecule has 0 aliphatic heterocycles. The average Bonchev–Trinajstić information content (AvgIpc) is 1.97. The van der Waals surface area contributed by atoms with Crippen LogP contribution in [0.5, 0.6) is 0 Å². The van der Waals surface area contributed by atoms with E-state index in [1.807, 2.05) is 22.6 Å². The quantitative estimate of drug-likeness (QED) is 0.739. The van der Waals surface area contributed by atoms with Gasteiger partial charge in [-0.1, -0.05) is 28.7 Å². The van der Waals surface area contributed by atoms with Crippen molar-refractivity contribution in [2.45, 2.75) is 12.5 Å². The molecule has 0 saturated heterocycles. The zero-order valence-electron chi connectivity index (χ0n) is 5.80. The van der Waals surface area contributed by atoms with E-state index < -0.39 is 6.43 Å². The Morgan fingerprint density at radius 3 is 2.55 bits per heavy atom. The van der Waals surface area contributed by atoms with Crippen LogP contribution in [-0.4, -0.2) is 30.7 Å². The molecule has 0 fully saturated rings. The van der Waals surface area contributed by atoms with Crippen LogP contribution in [0.3, 0.4) is 0 Å². The fourth-order valence-electron chi connectivity index (χ4n) is 0.522. The number of alkyl halides is 2. The molecule has 0 aromatic carbocycles. The summed E-state index contributed by atoms with van der Waals surface area (Å²) in [4.78, 5) is 0. The smallest absolute Gasteiger partial charge is 0.250 e. The second kappa shape index (κ2) is 6.93. The molecular formula is C6H10F2INO. The van der Waals surface area contributed by atoms with Crippen LogP contribution in [0.4, 0.5) is 8.78 Å². The molecular weight excluding hydrogens is 267 g/mol. The third-order valence-corrected chi connectivity index (χ3v) is 1.45. The normalized spacial score (nSPS) is 14.6. The number of rotatable bonds is 5. The van der Waals surface area contributed by atoms with Gasteiger partial charge in [0.25, 0.3) is 6.43 Å². The Hall–Kier alpha value is 0.250. The first-order valence-corrected chi connectivity index (χ1v) is 4.34. The summed E-state index contributed by atoms with van der Waals surface area (Å²) >= 11 is 1.96. The molecule has 0 radical (unpaired) electrons. The van der Waals surface area contributed by atoms with Crippen molar-refractivity contribution in [2.75, 3.05) is 13.2 Å². The van der Waals surface area contributed by atoms with E-state index in [9.17, 15) is 8.78 Å². The SMILES string of the molecule is OC[C@H](/C=C/I)NCC(F)F. The van der Waals surface area contributed by atoms with E-state index in [1.54, 1.807) is 10.2 Å². The van der Waals surface area contributed by atoms with Crippen molar-refractivity contribution in [2.24, 2.45) is 0 Å². The molecule has 0 unspecified atom stereocenters. The van der Waals surface area contributed by atoms with Crippen molar-refractivity contribution in [3.8, 4) is 0 Å². The molecule has 5 heteroatoms. The van der Waals surface area contributed by atoms with Gasteiger partial charge in [-0.15, -0.1) is 0 Å². The van der Waals surface area contributed by atoms with Gasteiger partial charge in [0, 0.05) is 6.04 Å². The van der Waals surface area contributed by atoms with Crippen molar-refractivity contribution in [1.29, 1.82) is 0 Å². The molecule has 2 N–H and O–H groups in total. The number of nitrogens with one attached hydrogen (secondary N) is 1. The Morgan fingerprint density at radius 1 is 1.55 bits per heavy atom. The van der Waals surface area contributed by atoms with Crippen molar-refractivity contribution in [3.63, 3.8) is 0 Å². The first-order chi connectivity index (χ1) is 5.20. The molecule has 0 spiro atoms. The molecule has 0 aliphatic rings. The summed E-state index contributed by atoms with van der Waals surface area (Å²) in [6.45, 7) is -0.543. The molecule has 0 aromatic heterocycles. The summed E-state index contributed by atoms with van der Waals surface area (Å²) in [6.07, 6.45) is -0.741. The van der Waals surface area contributed by atoms with E-state index in [0.29, 0.717) is 0 Å². The van der Waals surface area contributed by atoms with Gasteiger partial charge in [0.2, 0.25) is 0 Å². The van der Waals surface area contributed by atoms with E-state index in [2.05, 4.69) is 5.32 Å². The van der Waals surface area contributed by atoms with E-state index in [-0.39, 0.29) is 19.2 Å². The monoisotopic (exact) mass is 277 g/mol. The van der Waals surface area contributed by atoms with Crippen molar-refractivity contribution in [3.05, 3.63) is 10.2 Å². The number of aliphatic hydroxyl groups excluding tert-OH is 1. The summed E-state index contributed by atoms with van der Waals surface area (Å²) < 4.78 is 24.9. The third-order valence-electron chi connectivity index (χ3n) is 1.04. The molecule has 0 bridgehead atoms. The van der Waals surface area contributed by atoms with Crippen LogP contribution in [0.1, 0.15) is 0 Å². The highest BCUT2D eigenvalue weighted by atomic mass is 127. The van der Waals surface area contributed by atoms with Gasteiger partial charge in [-0.25, -0.2) is 8.78 Å². The Bertz CT molecular complexity index is 121. The van der Waals surface area contributed by atoms with Crippen LogP contribution in [0.25, 0.3) is 0 Å². The van der Waals surface area contributed by atoms with Gasteiger partial charge in [0.1, 0.15) is 0 Å². The lowest BCUT2D eigenvalue weighted by Crippen LogP contribution is -2.34. The Balaban J connectivity index is 3.52. The number of hydrogen-bond donors (Lipinski definition) is 2. The zero-order valence-corrected chi connectivity index (χ0v) is 7.96. The lowest BCUT2D eigenvalue weighted by molar-refractivity contribution is 0.138. The van der Waals surface area contributed by atoms with Gasteiger partial charge in [0.05, 0.1) is 13.2 Å². The Kier molecular flexibility index (Phi) is 7.09. The van der Waals surface area contributed by atoms with Gasteiger partial charge < -0.3 is 10.4 Å². The van der Waals surface area contributed by atoms with Crippen LogP contribution in [0.2, 0.25) is 0 Å². The molecule has 11 heavy (non-hydrogen) atoms. The lowest BCUT2D eigenvalue weighted by Gasteiger charge is -2.10. The maximum absolute atomic E-state index is 11.6. The first kappa shape index (κ1) is 11.2. The van der Waals surface area contributed by atoms with Crippen LogP contribution in [-0.2, 0) is 0 Å². The highest BCUT2D eigenvalue weighted by molar-refractivity contribution is 14.1. The van der Waals surface area contributed by atoms with Crippen molar-refractivity contribution in [1.82, 2.24) is 5.32 Å². The largest absolute Gasteiger partial charge is 0.394 e. The summed E-state index contributed by atoms with van der Waals surface area (Å²) in [7, 11) is 0. The van der Waals surface area contributed by atoms with Crippen molar-refractivity contribution < 1.29 is 13.9 Å². The minimum absolute atomic E-state index is 0.160. The number of aliphatic hydroxyl groups is 1. The molecule has 0 rings (SSSR count). The predicted molar refractivity (Wildman–Crippen MR) is 48.0 cm³/mol. The van der Waals surface area contributed by atoms with Crippen molar-refractivity contribution >= 4 is 22.6 Å². The van der Waals surface area contributed by atoms with Gasteiger partial charge in [-0.2, -0.15) is 0 Å². The van der Waals surface area contributed by atoms with Gasteiger partial charge in [-0.05, 0) is 4.08 Å². The summed E-state index contributed by atoms with van der Waals surface area (Å²) in [5.74, 6) is 0. The number of hydrogen-bond acceptors (Lipinski definition) is 2. The third kappa shape index (κ3) is 6.64. The van der Waals surface area contributed by atoms with Crippen LogP contribution >= 0.6 is 22.6 Å². The molecule has 0 aromatic rings. The summed E-state index contributed by atoms with van der Waals surface area (Å²) in [5.41, 5.74) is 0. The van der Waals surface area contributed by atoms with E-state index in [1.165, 1.54) is 0 Å². The molecule has 66 valence electrons. The molecule has 1 atom stereocenters. The van der Waals surface area contributed by atoms with Crippen LogP contribution < -0.4 is 5.32 Å². The zero-order chi connectivity index (χ0) is 8.69. The van der Waals surface area contributed by atoms with Gasteiger partial charge >= 0.3 is 0 Å². The van der Waals surface area contributed by atoms with Gasteiger partial charge in [-0.3, -0.25) is 0 Å². The first-order valence-electron chi connectivity index (χ1n) is 3.10. The highest BCUT2D eigenvalue weighted by Gasteiger charge is 2.05. The standard InChI is InChI=1S/C6H10F2INO/c7-6(8)3-10-5(4-11)1-2-9/h1-2,5-6,10-11H,3-4H2/b2-1+/t5-/m0/s1. The second-order valence-electron chi connectivity index (χ2n) is 1.91. The second-order valence-corrected chi connectivity index (χ2v) is 2.63. The van der Waals surface area contributed by atoms with E-state index in [0.717, 1.165) is 0 Å². The van der Waals surface area contributed by atoms with E-state index >= 15 is 0 Å². The average molecular weight is 277 g/mol. The number of halogens is 3. The molecule has 0 saturated carbocycles. The predicted octanol–water partition coefficient (Wildman–Crippen LogP) is 1.15. The summed E-state index contributed by atoms with van der Waals surface area (Å²) in [6, 6.07) is -0.360. The lowest BCUT2D eigenvalue weighted by atomic mass is 10.3. The fourth-order valence-corrected chi connectivity index (χ4v) is 1.02. The fraction of sp³-hybridized carbons (Fsp3) is 0.667. The molecule has 0 heterocycles. The summed E-state index contributed by atoms with van der Waals surface area (Å²) in [5, 5.41) is 11.1. The maximum atomic E-state index is 11.6. The minimum atomic E-state index is -2.37. The van der Waals surface area contributed by atoms with Gasteiger partial charge in [0.15, 0.2) is 0 Å².